The zero-order valence-corrected chi connectivity index (χ0v) is 9.18. The molecule has 1 heterocycles. The summed E-state index contributed by atoms with van der Waals surface area (Å²) in [5.74, 6) is 0.0787. The van der Waals surface area contributed by atoms with Crippen LogP contribution in [0.2, 0.25) is 0 Å². The quantitative estimate of drug-likeness (QED) is 0.721. The maximum absolute atomic E-state index is 11.7. The fraction of sp³-hybridized carbons (Fsp3) is 0.167. The maximum atomic E-state index is 11.7. The summed E-state index contributed by atoms with van der Waals surface area (Å²) < 4.78 is 6.75. The van der Waals surface area contributed by atoms with Gasteiger partial charge < -0.3 is 4.74 Å². The lowest BCUT2D eigenvalue weighted by Gasteiger charge is -2.03. The highest BCUT2D eigenvalue weighted by Crippen LogP contribution is 2.13. The number of hydrogen-bond acceptors (Lipinski definition) is 3. The van der Waals surface area contributed by atoms with Gasteiger partial charge in [-0.1, -0.05) is 18.2 Å². The van der Waals surface area contributed by atoms with Crippen LogP contribution >= 0.6 is 0 Å². The Balaban J connectivity index is 2.17. The van der Waals surface area contributed by atoms with E-state index in [1.165, 1.54) is 4.68 Å². The molecule has 2 rings (SSSR count). The summed E-state index contributed by atoms with van der Waals surface area (Å²) in [4.78, 5) is 11.7. The molecule has 2 aromatic rings. The molecule has 0 saturated heterocycles. The normalized spacial score (nSPS) is 10.1. The zero-order chi connectivity index (χ0) is 11.5. The Labute approximate surface area is 93.5 Å². The first-order chi connectivity index (χ1) is 7.66. The average molecular weight is 216 g/mol. The van der Waals surface area contributed by atoms with E-state index in [-0.39, 0.29) is 5.97 Å². The molecule has 0 bridgehead atoms. The summed E-state index contributed by atoms with van der Waals surface area (Å²) in [6.45, 7) is 1.85. The van der Waals surface area contributed by atoms with Gasteiger partial charge in [0, 0.05) is 13.1 Å². The Hall–Kier alpha value is -2.10. The van der Waals surface area contributed by atoms with Crippen LogP contribution in [0.3, 0.4) is 0 Å². The van der Waals surface area contributed by atoms with Gasteiger partial charge in [0.1, 0.15) is 0 Å². The van der Waals surface area contributed by atoms with E-state index < -0.39 is 0 Å². The van der Waals surface area contributed by atoms with E-state index in [0.717, 1.165) is 5.69 Å². The first kappa shape index (κ1) is 10.4. The van der Waals surface area contributed by atoms with Crippen LogP contribution in [0.25, 0.3) is 0 Å². The predicted molar refractivity (Wildman–Crippen MR) is 59.3 cm³/mol. The number of aryl methyl sites for hydroxylation is 2. The van der Waals surface area contributed by atoms with Crippen LogP contribution in [-0.2, 0) is 7.05 Å². The summed E-state index contributed by atoms with van der Waals surface area (Å²) in [6.07, 6.45) is 0. The Morgan fingerprint density at radius 2 is 2.00 bits per heavy atom. The molecule has 0 atom stereocenters. The van der Waals surface area contributed by atoms with Crippen LogP contribution in [0.15, 0.2) is 36.4 Å². The Kier molecular flexibility index (Phi) is 2.72. The van der Waals surface area contributed by atoms with Crippen molar-refractivity contribution >= 4 is 5.97 Å². The highest BCUT2D eigenvalue weighted by atomic mass is 16.5. The minimum atomic E-state index is -0.372. The number of ether oxygens (including phenoxy) is 1. The largest absolute Gasteiger partial charge is 0.404 e. The molecule has 1 aromatic heterocycles. The van der Waals surface area contributed by atoms with Crippen molar-refractivity contribution in [3.63, 3.8) is 0 Å². The van der Waals surface area contributed by atoms with Crippen LogP contribution < -0.4 is 4.74 Å². The molecule has 0 aliphatic carbocycles. The Bertz CT molecular complexity index is 503. The molecule has 0 saturated carbocycles. The molecule has 0 aliphatic rings. The van der Waals surface area contributed by atoms with Gasteiger partial charge in [-0.25, -0.2) is 9.48 Å². The number of hydrogen-bond donors (Lipinski definition) is 0. The van der Waals surface area contributed by atoms with Gasteiger partial charge in [-0.05, 0) is 19.1 Å². The topological polar surface area (TPSA) is 44.1 Å². The van der Waals surface area contributed by atoms with E-state index in [1.54, 1.807) is 37.4 Å². The van der Waals surface area contributed by atoms with E-state index in [9.17, 15) is 4.79 Å². The number of aromatic nitrogens is 2. The molecule has 4 nitrogen and oxygen atoms in total. The molecule has 0 N–H and O–H groups in total. The number of carbonyl (C=O) groups is 1. The van der Waals surface area contributed by atoms with Gasteiger partial charge in [-0.15, -0.1) is 0 Å². The Morgan fingerprint density at radius 3 is 2.56 bits per heavy atom. The molecule has 4 heteroatoms. The van der Waals surface area contributed by atoms with Gasteiger partial charge in [0.05, 0.1) is 11.3 Å². The molecular formula is C12H12N2O2. The number of rotatable bonds is 2. The van der Waals surface area contributed by atoms with Crippen molar-refractivity contribution in [2.24, 2.45) is 7.05 Å². The second-order valence-corrected chi connectivity index (χ2v) is 3.50. The lowest BCUT2D eigenvalue weighted by atomic mass is 10.2. The maximum Gasteiger partial charge on any atom is 0.344 e. The third-order valence-electron chi connectivity index (χ3n) is 2.17. The van der Waals surface area contributed by atoms with Crippen molar-refractivity contribution < 1.29 is 9.53 Å². The molecule has 1 aromatic carbocycles. The molecular weight excluding hydrogens is 204 g/mol. The first-order valence-electron chi connectivity index (χ1n) is 4.94. The van der Waals surface area contributed by atoms with E-state index >= 15 is 0 Å². The van der Waals surface area contributed by atoms with Gasteiger partial charge in [0.2, 0.25) is 5.88 Å². The van der Waals surface area contributed by atoms with Crippen LogP contribution in [0, 0.1) is 6.92 Å². The average Bonchev–Trinajstić information content (AvgIpc) is 2.59. The van der Waals surface area contributed by atoms with Gasteiger partial charge in [0.15, 0.2) is 0 Å². The van der Waals surface area contributed by atoms with Crippen LogP contribution in [-0.4, -0.2) is 15.7 Å². The first-order valence-corrected chi connectivity index (χ1v) is 4.94. The van der Waals surface area contributed by atoms with Crippen molar-refractivity contribution in [3.8, 4) is 5.88 Å². The van der Waals surface area contributed by atoms with Crippen molar-refractivity contribution in [2.45, 2.75) is 6.92 Å². The summed E-state index contributed by atoms with van der Waals surface area (Å²) in [5.41, 5.74) is 1.35. The highest BCUT2D eigenvalue weighted by Gasteiger charge is 2.10. The van der Waals surface area contributed by atoms with E-state index in [0.29, 0.717) is 11.4 Å². The van der Waals surface area contributed by atoms with Crippen LogP contribution in [0.4, 0.5) is 0 Å². The van der Waals surface area contributed by atoms with Gasteiger partial charge in [-0.2, -0.15) is 5.10 Å². The third-order valence-corrected chi connectivity index (χ3v) is 2.17. The Morgan fingerprint density at radius 1 is 1.31 bits per heavy atom. The summed E-state index contributed by atoms with van der Waals surface area (Å²) in [6, 6.07) is 10.6. The number of nitrogens with zero attached hydrogens (tertiary/aromatic N) is 2. The van der Waals surface area contributed by atoms with Crippen molar-refractivity contribution in [2.75, 3.05) is 0 Å². The van der Waals surface area contributed by atoms with Crippen LogP contribution in [0.1, 0.15) is 16.1 Å². The van der Waals surface area contributed by atoms with Crippen molar-refractivity contribution in [1.29, 1.82) is 0 Å². The fourth-order valence-electron chi connectivity index (χ4n) is 1.41. The molecule has 0 spiro atoms. The molecule has 0 radical (unpaired) electrons. The molecule has 82 valence electrons. The summed E-state index contributed by atoms with van der Waals surface area (Å²) >= 11 is 0. The molecule has 0 amide bonds. The van der Waals surface area contributed by atoms with Gasteiger partial charge in [0.25, 0.3) is 0 Å². The lowest BCUT2D eigenvalue weighted by Crippen LogP contribution is -2.10. The zero-order valence-electron chi connectivity index (χ0n) is 9.18. The second-order valence-electron chi connectivity index (χ2n) is 3.50. The lowest BCUT2D eigenvalue weighted by molar-refractivity contribution is 0.0720. The number of esters is 1. The SMILES string of the molecule is Cc1cc(OC(=O)c2ccccc2)n(C)n1. The smallest absolute Gasteiger partial charge is 0.344 e. The van der Waals surface area contributed by atoms with E-state index in [1.807, 2.05) is 13.0 Å². The second kappa shape index (κ2) is 4.18. The summed E-state index contributed by atoms with van der Waals surface area (Å²) in [5, 5.41) is 4.10. The minimum Gasteiger partial charge on any atom is -0.404 e. The monoisotopic (exact) mass is 216 g/mol. The van der Waals surface area contributed by atoms with Gasteiger partial charge in [-0.3, -0.25) is 0 Å². The fourth-order valence-corrected chi connectivity index (χ4v) is 1.41. The minimum absolute atomic E-state index is 0.372. The predicted octanol–water partition coefficient (Wildman–Crippen LogP) is 1.95. The third kappa shape index (κ3) is 2.11. The highest BCUT2D eigenvalue weighted by molar-refractivity contribution is 5.90. The number of carbonyl (C=O) groups excluding carboxylic acids is 1. The van der Waals surface area contributed by atoms with E-state index in [2.05, 4.69) is 5.10 Å². The van der Waals surface area contributed by atoms with Crippen molar-refractivity contribution in [3.05, 3.63) is 47.7 Å². The molecule has 0 unspecified atom stereocenters. The molecule has 0 aliphatic heterocycles. The standard InChI is InChI=1S/C12H12N2O2/c1-9-8-11(14(2)13-9)16-12(15)10-6-4-3-5-7-10/h3-8H,1-2H3. The molecule has 0 fully saturated rings. The van der Waals surface area contributed by atoms with E-state index in [4.69, 9.17) is 4.74 Å². The molecule has 16 heavy (non-hydrogen) atoms. The number of benzene rings is 1. The van der Waals surface area contributed by atoms with Crippen LogP contribution in [0.5, 0.6) is 5.88 Å². The van der Waals surface area contributed by atoms with Crippen molar-refractivity contribution in [1.82, 2.24) is 9.78 Å². The van der Waals surface area contributed by atoms with Gasteiger partial charge >= 0.3 is 5.97 Å². The summed E-state index contributed by atoms with van der Waals surface area (Å²) in [7, 11) is 1.74.